The van der Waals surface area contributed by atoms with E-state index in [0.29, 0.717) is 61.9 Å². The van der Waals surface area contributed by atoms with E-state index in [1.807, 2.05) is 48.5 Å². The van der Waals surface area contributed by atoms with Crippen molar-refractivity contribution in [2.24, 2.45) is 5.92 Å². The number of rotatable bonds is 22. The Hall–Kier alpha value is -5.22. The van der Waals surface area contributed by atoms with Gasteiger partial charge in [-0.25, -0.2) is 9.59 Å². The van der Waals surface area contributed by atoms with Crippen LogP contribution in [0.15, 0.2) is 97.1 Å². The van der Waals surface area contributed by atoms with Crippen LogP contribution in [0, 0.1) is 5.92 Å². The zero-order valence-electron chi connectivity index (χ0n) is 32.2. The van der Waals surface area contributed by atoms with Crippen LogP contribution < -0.4 is 14.2 Å². The number of carbonyl (C=O) groups is 4. The number of hydrogen-bond acceptors (Lipinski definition) is 10. The van der Waals surface area contributed by atoms with Crippen LogP contribution in [-0.2, 0) is 39.8 Å². The fourth-order valence-electron chi connectivity index (χ4n) is 5.91. The van der Waals surface area contributed by atoms with E-state index in [9.17, 15) is 19.2 Å². The number of hydrogen-bond donors (Lipinski definition) is 0. The third kappa shape index (κ3) is 15.6. The quantitative estimate of drug-likeness (QED) is 0.0425. The maximum absolute atomic E-state index is 12.5. The van der Waals surface area contributed by atoms with Crippen LogP contribution in [0.2, 0.25) is 0 Å². The molecule has 0 unspecified atom stereocenters. The van der Waals surface area contributed by atoms with Gasteiger partial charge in [-0.05, 0) is 125 Å². The number of ether oxygens (including phenoxy) is 6. The molecule has 0 amide bonds. The Kier molecular flexibility index (Phi) is 17.7. The maximum atomic E-state index is 12.5. The fourth-order valence-corrected chi connectivity index (χ4v) is 5.91. The van der Waals surface area contributed by atoms with Crippen molar-refractivity contribution in [2.75, 3.05) is 26.4 Å². The molecule has 0 saturated heterocycles. The predicted octanol–water partition coefficient (Wildman–Crippen LogP) is 8.94. The molecule has 10 heteroatoms. The average molecular weight is 755 g/mol. The van der Waals surface area contributed by atoms with Gasteiger partial charge in [-0.2, -0.15) is 0 Å². The van der Waals surface area contributed by atoms with Gasteiger partial charge in [0.05, 0.1) is 38.4 Å². The Balaban J connectivity index is 0.999. The van der Waals surface area contributed by atoms with Crippen LogP contribution in [-0.4, -0.2) is 56.4 Å². The molecular weight excluding hydrogens is 700 g/mol. The van der Waals surface area contributed by atoms with Gasteiger partial charge in [-0.3, -0.25) is 9.59 Å². The van der Waals surface area contributed by atoms with Crippen molar-refractivity contribution in [3.8, 4) is 28.4 Å². The topological polar surface area (TPSA) is 124 Å². The Bertz CT molecular complexity index is 1700. The molecular formula is C45H54O10. The lowest BCUT2D eigenvalue weighted by atomic mass is 9.87. The van der Waals surface area contributed by atoms with Crippen molar-refractivity contribution < 1.29 is 47.6 Å². The van der Waals surface area contributed by atoms with E-state index in [0.717, 1.165) is 73.8 Å². The molecule has 0 spiro atoms. The zero-order valence-corrected chi connectivity index (χ0v) is 32.2. The maximum Gasteiger partial charge on any atom is 0.338 e. The number of benzene rings is 3. The van der Waals surface area contributed by atoms with Crippen molar-refractivity contribution >= 4 is 23.9 Å². The molecule has 0 radical (unpaired) electrons. The van der Waals surface area contributed by atoms with Crippen molar-refractivity contribution in [3.05, 3.63) is 103 Å². The number of carbonyl (C=O) groups excluding carboxylic acids is 4. The summed E-state index contributed by atoms with van der Waals surface area (Å²) in [5.41, 5.74) is 3.61. The molecule has 3 aromatic rings. The molecule has 1 aliphatic carbocycles. The van der Waals surface area contributed by atoms with Gasteiger partial charge in [0.15, 0.2) is 0 Å². The van der Waals surface area contributed by atoms with Gasteiger partial charge in [0.1, 0.15) is 17.2 Å². The molecule has 1 fully saturated rings. The largest absolute Gasteiger partial charge is 0.494 e. The Morgan fingerprint density at radius 2 is 1.13 bits per heavy atom. The first-order chi connectivity index (χ1) is 26.6. The molecule has 0 N–H and O–H groups in total. The highest BCUT2D eigenvalue weighted by molar-refractivity contribution is 5.89. The van der Waals surface area contributed by atoms with E-state index in [2.05, 4.69) is 13.2 Å². The van der Waals surface area contributed by atoms with E-state index in [1.54, 1.807) is 38.1 Å². The highest BCUT2D eigenvalue weighted by Crippen LogP contribution is 2.28. The standard InChI is InChI=1S/C45H54O10/c1-32(2)43(47)52-31-9-30-51-39-21-17-37(18-22-39)45(49)53-29-8-6-5-7-28-50-38-19-10-34(11-20-38)12-27-42(46)54-40-23-13-35(14-24-40)36-15-25-41(26-16-36)55-44(48)33(3)4/h10-11,13-16,19-20,23-26,37,39H,1,3,5-9,12,17-18,21-22,27-31H2,2,4H3. The van der Waals surface area contributed by atoms with Crippen LogP contribution >= 0.6 is 0 Å². The summed E-state index contributed by atoms with van der Waals surface area (Å²) in [6.07, 6.45) is 8.46. The average Bonchev–Trinajstić information content (AvgIpc) is 3.19. The summed E-state index contributed by atoms with van der Waals surface area (Å²) in [5.74, 6) is 0.380. The molecule has 0 aromatic heterocycles. The molecule has 294 valence electrons. The smallest absolute Gasteiger partial charge is 0.338 e. The second-order valence-corrected chi connectivity index (χ2v) is 13.9. The SMILES string of the molecule is C=C(C)C(=O)OCCCOC1CCC(C(=O)OCCCCCCOc2ccc(CCC(=O)Oc3ccc(-c4ccc(OC(=O)C(=C)C)cc4)cc3)cc2)CC1. The molecule has 10 nitrogen and oxygen atoms in total. The summed E-state index contributed by atoms with van der Waals surface area (Å²) in [4.78, 5) is 48.1. The molecule has 0 heterocycles. The molecule has 0 atom stereocenters. The number of aryl methyl sites for hydroxylation is 1. The summed E-state index contributed by atoms with van der Waals surface area (Å²) in [6, 6.07) is 22.2. The second-order valence-electron chi connectivity index (χ2n) is 13.9. The summed E-state index contributed by atoms with van der Waals surface area (Å²) in [7, 11) is 0. The molecule has 1 saturated carbocycles. The van der Waals surface area contributed by atoms with Gasteiger partial charge < -0.3 is 28.4 Å². The minimum atomic E-state index is -0.466. The van der Waals surface area contributed by atoms with Gasteiger partial charge >= 0.3 is 23.9 Å². The van der Waals surface area contributed by atoms with E-state index in [4.69, 9.17) is 28.4 Å². The lowest BCUT2D eigenvalue weighted by Crippen LogP contribution is -2.28. The lowest BCUT2D eigenvalue weighted by Gasteiger charge is -2.27. The normalized spacial score (nSPS) is 15.0. The molecule has 4 rings (SSSR count). The molecule has 0 aliphatic heterocycles. The summed E-state index contributed by atoms with van der Waals surface area (Å²) in [6.45, 7) is 12.3. The predicted molar refractivity (Wildman–Crippen MR) is 210 cm³/mol. The van der Waals surface area contributed by atoms with Crippen LogP contribution in [0.25, 0.3) is 11.1 Å². The Labute approximate surface area is 324 Å². The first-order valence-electron chi connectivity index (χ1n) is 19.2. The molecule has 1 aliphatic rings. The highest BCUT2D eigenvalue weighted by atomic mass is 16.5. The van der Waals surface area contributed by atoms with E-state index in [-0.39, 0.29) is 36.4 Å². The van der Waals surface area contributed by atoms with Crippen LogP contribution in [0.1, 0.15) is 83.6 Å². The minimum Gasteiger partial charge on any atom is -0.494 e. The number of esters is 4. The fraction of sp³-hybridized carbons (Fsp3) is 0.422. The van der Waals surface area contributed by atoms with Crippen LogP contribution in [0.5, 0.6) is 17.2 Å². The Morgan fingerprint density at radius 3 is 1.73 bits per heavy atom. The van der Waals surface area contributed by atoms with Gasteiger partial charge in [0.25, 0.3) is 0 Å². The third-order valence-corrected chi connectivity index (χ3v) is 9.16. The van der Waals surface area contributed by atoms with Gasteiger partial charge in [-0.1, -0.05) is 49.6 Å². The first kappa shape index (κ1) is 42.5. The molecule has 3 aromatic carbocycles. The second kappa shape index (κ2) is 22.9. The van der Waals surface area contributed by atoms with Crippen LogP contribution in [0.3, 0.4) is 0 Å². The van der Waals surface area contributed by atoms with Gasteiger partial charge in [0, 0.05) is 24.0 Å². The lowest BCUT2D eigenvalue weighted by molar-refractivity contribution is -0.150. The van der Waals surface area contributed by atoms with E-state index < -0.39 is 5.97 Å². The highest BCUT2D eigenvalue weighted by Gasteiger charge is 2.27. The molecule has 0 bridgehead atoms. The van der Waals surface area contributed by atoms with Gasteiger partial charge in [-0.15, -0.1) is 0 Å². The van der Waals surface area contributed by atoms with Crippen LogP contribution in [0.4, 0.5) is 0 Å². The zero-order chi connectivity index (χ0) is 39.4. The van der Waals surface area contributed by atoms with Crippen molar-refractivity contribution in [1.29, 1.82) is 0 Å². The molecule has 55 heavy (non-hydrogen) atoms. The van der Waals surface area contributed by atoms with E-state index >= 15 is 0 Å². The van der Waals surface area contributed by atoms with Crippen molar-refractivity contribution in [2.45, 2.75) is 90.6 Å². The monoisotopic (exact) mass is 754 g/mol. The summed E-state index contributed by atoms with van der Waals surface area (Å²) < 4.78 is 33.2. The summed E-state index contributed by atoms with van der Waals surface area (Å²) >= 11 is 0. The van der Waals surface area contributed by atoms with Crippen molar-refractivity contribution in [3.63, 3.8) is 0 Å². The minimum absolute atomic E-state index is 0.0603. The Morgan fingerprint density at radius 1 is 0.582 bits per heavy atom. The summed E-state index contributed by atoms with van der Waals surface area (Å²) in [5, 5.41) is 0. The first-order valence-corrected chi connectivity index (χ1v) is 19.2. The van der Waals surface area contributed by atoms with Gasteiger partial charge in [0.2, 0.25) is 0 Å². The van der Waals surface area contributed by atoms with E-state index in [1.165, 1.54) is 0 Å². The van der Waals surface area contributed by atoms with Crippen molar-refractivity contribution in [1.82, 2.24) is 0 Å². The third-order valence-electron chi connectivity index (χ3n) is 9.16. The number of unbranched alkanes of at least 4 members (excludes halogenated alkanes) is 3.